The highest BCUT2D eigenvalue weighted by molar-refractivity contribution is 6.35. The molecule has 0 spiro atoms. The van der Waals surface area contributed by atoms with E-state index in [2.05, 4.69) is 10.3 Å². The van der Waals surface area contributed by atoms with E-state index in [0.717, 1.165) is 23.0 Å². The number of para-hydroxylation sites is 1. The summed E-state index contributed by atoms with van der Waals surface area (Å²) in [6, 6.07) is 5.58. The Balaban J connectivity index is 2.50. The first-order chi connectivity index (χ1) is 8.15. The Kier molecular flexibility index (Phi) is 3.38. The van der Waals surface area contributed by atoms with Crippen LogP contribution in [0.15, 0.2) is 18.2 Å². The topological polar surface area (TPSA) is 44.9 Å². The second-order valence-corrected chi connectivity index (χ2v) is 4.45. The molecule has 0 radical (unpaired) electrons. The fourth-order valence-corrected chi connectivity index (χ4v) is 2.15. The molecule has 4 heteroatoms. The van der Waals surface area contributed by atoms with E-state index in [4.69, 9.17) is 11.6 Å². The Labute approximate surface area is 105 Å². The lowest BCUT2D eigenvalue weighted by molar-refractivity contribution is 0.0955. The van der Waals surface area contributed by atoms with Gasteiger partial charge in [0.05, 0.1) is 16.1 Å². The molecule has 0 aliphatic rings. The predicted molar refractivity (Wildman–Crippen MR) is 70.7 cm³/mol. The number of aromatic amines is 1. The van der Waals surface area contributed by atoms with Gasteiger partial charge in [0, 0.05) is 17.6 Å². The number of carbonyl (C=O) groups is 1. The lowest BCUT2D eigenvalue weighted by atomic mass is 10.1. The van der Waals surface area contributed by atoms with Gasteiger partial charge < -0.3 is 10.3 Å². The number of halogens is 1. The van der Waals surface area contributed by atoms with E-state index in [1.807, 2.05) is 32.0 Å². The molecule has 17 heavy (non-hydrogen) atoms. The maximum Gasteiger partial charge on any atom is 0.253 e. The fourth-order valence-electron chi connectivity index (χ4n) is 1.93. The number of carbonyl (C=O) groups excluding carboxylic acids is 1. The maximum atomic E-state index is 12.0. The zero-order chi connectivity index (χ0) is 12.4. The molecule has 90 valence electrons. The van der Waals surface area contributed by atoms with Crippen molar-refractivity contribution >= 4 is 28.4 Å². The summed E-state index contributed by atoms with van der Waals surface area (Å²) in [7, 11) is 0. The van der Waals surface area contributed by atoms with Gasteiger partial charge in [-0.3, -0.25) is 4.79 Å². The van der Waals surface area contributed by atoms with Crippen LogP contribution >= 0.6 is 11.6 Å². The van der Waals surface area contributed by atoms with E-state index in [1.54, 1.807) is 0 Å². The van der Waals surface area contributed by atoms with E-state index < -0.39 is 0 Å². The van der Waals surface area contributed by atoms with Crippen molar-refractivity contribution in [2.24, 2.45) is 0 Å². The summed E-state index contributed by atoms with van der Waals surface area (Å²) in [5, 5.41) is 4.40. The van der Waals surface area contributed by atoms with Crippen molar-refractivity contribution in [3.8, 4) is 0 Å². The quantitative estimate of drug-likeness (QED) is 0.863. The lowest BCUT2D eigenvalue weighted by Crippen LogP contribution is -2.24. The minimum Gasteiger partial charge on any atom is -0.357 e. The van der Waals surface area contributed by atoms with Gasteiger partial charge in [-0.25, -0.2) is 0 Å². The third-order valence-electron chi connectivity index (χ3n) is 2.73. The van der Waals surface area contributed by atoms with E-state index >= 15 is 0 Å². The molecule has 0 aliphatic carbocycles. The molecule has 1 aromatic carbocycles. The van der Waals surface area contributed by atoms with Gasteiger partial charge in [0.2, 0.25) is 0 Å². The minimum atomic E-state index is -0.0436. The van der Waals surface area contributed by atoms with Crippen LogP contribution in [0.5, 0.6) is 0 Å². The summed E-state index contributed by atoms with van der Waals surface area (Å²) in [5.74, 6) is -0.0436. The van der Waals surface area contributed by atoms with Gasteiger partial charge in [-0.05, 0) is 19.4 Å². The monoisotopic (exact) mass is 250 g/mol. The first-order valence-corrected chi connectivity index (χ1v) is 6.08. The van der Waals surface area contributed by atoms with Crippen LogP contribution in [0.2, 0.25) is 5.02 Å². The molecular weight excluding hydrogens is 236 g/mol. The number of aryl methyl sites for hydroxylation is 1. The predicted octanol–water partition coefficient (Wildman–Crippen LogP) is 3.27. The third kappa shape index (κ3) is 2.15. The van der Waals surface area contributed by atoms with Crippen LogP contribution < -0.4 is 5.32 Å². The van der Waals surface area contributed by atoms with Gasteiger partial charge in [-0.15, -0.1) is 0 Å². The van der Waals surface area contributed by atoms with Crippen LogP contribution in [0.4, 0.5) is 0 Å². The molecular formula is C13H15ClN2O. The van der Waals surface area contributed by atoms with Crippen LogP contribution in [0.3, 0.4) is 0 Å². The number of rotatable bonds is 3. The maximum absolute atomic E-state index is 12.0. The molecule has 2 rings (SSSR count). The Morgan fingerprint density at radius 3 is 2.94 bits per heavy atom. The third-order valence-corrected chi connectivity index (χ3v) is 3.05. The Morgan fingerprint density at radius 1 is 1.47 bits per heavy atom. The summed E-state index contributed by atoms with van der Waals surface area (Å²) in [6.45, 7) is 4.60. The fraction of sp³-hybridized carbons (Fsp3) is 0.308. The highest BCUT2D eigenvalue weighted by Crippen LogP contribution is 2.27. The van der Waals surface area contributed by atoms with E-state index in [0.29, 0.717) is 17.1 Å². The summed E-state index contributed by atoms with van der Waals surface area (Å²) >= 11 is 6.09. The van der Waals surface area contributed by atoms with Gasteiger partial charge in [0.25, 0.3) is 5.91 Å². The van der Waals surface area contributed by atoms with Gasteiger partial charge >= 0.3 is 0 Å². The number of nitrogens with one attached hydrogen (secondary N) is 2. The zero-order valence-electron chi connectivity index (χ0n) is 9.93. The number of H-pyrrole nitrogens is 1. The Morgan fingerprint density at radius 2 is 2.24 bits per heavy atom. The number of hydrogen-bond acceptors (Lipinski definition) is 1. The highest BCUT2D eigenvalue weighted by atomic mass is 35.5. The summed E-state index contributed by atoms with van der Waals surface area (Å²) in [6.07, 6.45) is 0.925. The molecule has 0 aliphatic heterocycles. The first-order valence-electron chi connectivity index (χ1n) is 5.70. The average molecular weight is 251 g/mol. The molecule has 2 N–H and O–H groups in total. The van der Waals surface area contributed by atoms with E-state index in [1.165, 1.54) is 0 Å². The molecule has 0 atom stereocenters. The molecule has 0 unspecified atom stereocenters. The van der Waals surface area contributed by atoms with Crippen LogP contribution in [-0.4, -0.2) is 17.4 Å². The number of fused-ring (bicyclic) bond motifs is 1. The van der Waals surface area contributed by atoms with E-state index in [-0.39, 0.29) is 5.91 Å². The number of aromatic nitrogens is 1. The first kappa shape index (κ1) is 12.0. The molecule has 0 fully saturated rings. The van der Waals surface area contributed by atoms with E-state index in [9.17, 15) is 4.79 Å². The molecule has 1 heterocycles. The number of benzene rings is 1. The Bertz CT molecular complexity index is 560. The molecule has 0 saturated heterocycles. The molecule has 2 aromatic rings. The number of amides is 1. The number of hydrogen-bond donors (Lipinski definition) is 2. The van der Waals surface area contributed by atoms with Gasteiger partial charge in [0.15, 0.2) is 0 Å². The second kappa shape index (κ2) is 4.80. The van der Waals surface area contributed by atoms with Crippen molar-refractivity contribution in [1.82, 2.24) is 10.3 Å². The summed E-state index contributed by atoms with van der Waals surface area (Å²) in [5.41, 5.74) is 2.37. The normalized spacial score (nSPS) is 10.8. The van der Waals surface area contributed by atoms with Crippen molar-refractivity contribution in [3.63, 3.8) is 0 Å². The van der Waals surface area contributed by atoms with Gasteiger partial charge in [0.1, 0.15) is 0 Å². The van der Waals surface area contributed by atoms with Crippen molar-refractivity contribution in [2.45, 2.75) is 20.3 Å². The average Bonchev–Trinajstić information content (AvgIpc) is 2.64. The van der Waals surface area contributed by atoms with Crippen LogP contribution in [-0.2, 0) is 0 Å². The van der Waals surface area contributed by atoms with Gasteiger partial charge in [-0.1, -0.05) is 30.7 Å². The molecule has 1 amide bonds. The van der Waals surface area contributed by atoms with Crippen molar-refractivity contribution < 1.29 is 4.79 Å². The van der Waals surface area contributed by atoms with Crippen molar-refractivity contribution in [3.05, 3.63) is 34.5 Å². The van der Waals surface area contributed by atoms with Crippen molar-refractivity contribution in [2.75, 3.05) is 6.54 Å². The SMILES string of the molecule is CCCNC(=O)c1c(C)[nH]c2c(Cl)cccc12. The highest BCUT2D eigenvalue weighted by Gasteiger charge is 2.16. The second-order valence-electron chi connectivity index (χ2n) is 4.04. The summed E-state index contributed by atoms with van der Waals surface area (Å²) < 4.78 is 0. The molecule has 0 saturated carbocycles. The smallest absolute Gasteiger partial charge is 0.253 e. The van der Waals surface area contributed by atoms with Crippen molar-refractivity contribution in [1.29, 1.82) is 0 Å². The van der Waals surface area contributed by atoms with Crippen LogP contribution in [0.1, 0.15) is 29.4 Å². The molecule has 3 nitrogen and oxygen atoms in total. The molecule has 0 bridgehead atoms. The largest absolute Gasteiger partial charge is 0.357 e. The Hall–Kier alpha value is -1.48. The summed E-state index contributed by atoms with van der Waals surface area (Å²) in [4.78, 5) is 15.2. The van der Waals surface area contributed by atoms with Crippen LogP contribution in [0, 0.1) is 6.92 Å². The molecule has 1 aromatic heterocycles. The standard InChI is InChI=1S/C13H15ClN2O/c1-3-7-15-13(17)11-8(2)16-12-9(11)5-4-6-10(12)14/h4-6,16H,3,7H2,1-2H3,(H,15,17). The minimum absolute atomic E-state index is 0.0436. The lowest BCUT2D eigenvalue weighted by Gasteiger charge is -2.03. The van der Waals surface area contributed by atoms with Gasteiger partial charge in [-0.2, -0.15) is 0 Å². The van der Waals surface area contributed by atoms with Crippen LogP contribution in [0.25, 0.3) is 10.9 Å². The zero-order valence-corrected chi connectivity index (χ0v) is 10.7.